The molecule has 1 fully saturated rings. The fourth-order valence-electron chi connectivity index (χ4n) is 3.60. The molecule has 2 atom stereocenters. The lowest BCUT2D eigenvalue weighted by Crippen LogP contribution is -2.58. The van der Waals surface area contributed by atoms with E-state index in [1.165, 1.54) is 24.3 Å². The van der Waals surface area contributed by atoms with Crippen molar-refractivity contribution in [2.45, 2.75) is 32.5 Å². The Balaban J connectivity index is 1.60. The Hall–Kier alpha value is -2.04. The number of halogens is 3. The van der Waals surface area contributed by atoms with Crippen LogP contribution in [-0.4, -0.2) is 52.4 Å². The van der Waals surface area contributed by atoms with Gasteiger partial charge < -0.3 is 9.64 Å². The van der Waals surface area contributed by atoms with Crippen LogP contribution in [0.5, 0.6) is 5.75 Å². The smallest absolute Gasteiger partial charge is 0.271 e. The van der Waals surface area contributed by atoms with E-state index in [9.17, 15) is 19.3 Å². The van der Waals surface area contributed by atoms with E-state index in [0.29, 0.717) is 34.3 Å². The molecule has 166 valence electrons. The van der Waals surface area contributed by atoms with Gasteiger partial charge in [0.25, 0.3) is 11.6 Å². The summed E-state index contributed by atoms with van der Waals surface area (Å²) >= 11 is 6.53. The van der Waals surface area contributed by atoms with Crippen molar-refractivity contribution in [3.63, 3.8) is 0 Å². The topological polar surface area (TPSA) is 75.9 Å². The highest BCUT2D eigenvalue weighted by Crippen LogP contribution is 2.37. The van der Waals surface area contributed by atoms with Gasteiger partial charge in [-0.25, -0.2) is 4.39 Å². The summed E-state index contributed by atoms with van der Waals surface area (Å²) in [6.45, 7) is 5.79. The molecule has 1 amide bonds. The van der Waals surface area contributed by atoms with Crippen LogP contribution in [0.15, 0.2) is 45.3 Å². The van der Waals surface area contributed by atoms with Crippen molar-refractivity contribution in [1.82, 2.24) is 9.80 Å². The monoisotopic (exact) mass is 557 g/mol. The van der Waals surface area contributed by atoms with Gasteiger partial charge in [0.05, 0.1) is 13.9 Å². The van der Waals surface area contributed by atoms with E-state index in [1.807, 2.05) is 6.92 Å². The number of amides is 1. The first kappa shape index (κ1) is 23.6. The number of piperazine rings is 1. The number of nitro benzene ring substituents is 1. The number of non-ortho nitro benzene ring substituents is 1. The zero-order valence-electron chi connectivity index (χ0n) is 17.1. The molecule has 0 aliphatic carbocycles. The third-order valence-corrected chi connectivity index (χ3v) is 6.45. The van der Waals surface area contributed by atoms with Gasteiger partial charge in [0, 0.05) is 43.9 Å². The van der Waals surface area contributed by atoms with E-state index in [2.05, 4.69) is 43.7 Å². The Morgan fingerprint density at radius 2 is 1.77 bits per heavy atom. The van der Waals surface area contributed by atoms with E-state index in [0.717, 1.165) is 5.56 Å². The largest absolute Gasteiger partial charge is 0.481 e. The minimum Gasteiger partial charge on any atom is -0.481 e. The quantitative estimate of drug-likeness (QED) is 0.377. The lowest BCUT2D eigenvalue weighted by molar-refractivity contribution is -0.385. The predicted molar refractivity (Wildman–Crippen MR) is 121 cm³/mol. The summed E-state index contributed by atoms with van der Waals surface area (Å²) in [5.41, 5.74) is 0.939. The van der Waals surface area contributed by atoms with Crippen LogP contribution in [0, 0.1) is 15.9 Å². The molecule has 10 heteroatoms. The van der Waals surface area contributed by atoms with Gasteiger partial charge in [-0.1, -0.05) is 12.1 Å². The summed E-state index contributed by atoms with van der Waals surface area (Å²) < 4.78 is 19.6. The minimum atomic E-state index is -0.501. The van der Waals surface area contributed by atoms with Crippen molar-refractivity contribution < 1.29 is 18.8 Å². The molecule has 0 unspecified atom stereocenters. The van der Waals surface area contributed by atoms with Gasteiger partial charge in [0.15, 0.2) is 6.61 Å². The molecule has 2 aromatic carbocycles. The standard InChI is InChI=1S/C21H22Br2FN3O4/c1-13-10-26(14(2)9-25(13)11-15-3-5-16(24)6-4-15)20(28)12-31-21-18(22)7-17(27(29)30)8-19(21)23/h3-8,13-14H,9-12H2,1-2H3/t13-,14+/m1/s1. The number of carbonyl (C=O) groups excluding carboxylic acids is 1. The third-order valence-electron chi connectivity index (χ3n) is 5.27. The van der Waals surface area contributed by atoms with E-state index in [4.69, 9.17) is 4.74 Å². The van der Waals surface area contributed by atoms with Gasteiger partial charge in [-0.05, 0) is 63.4 Å². The lowest BCUT2D eigenvalue weighted by atomic mass is 10.1. The molecule has 0 saturated carbocycles. The van der Waals surface area contributed by atoms with E-state index < -0.39 is 4.92 Å². The second kappa shape index (κ2) is 10.1. The number of carbonyl (C=O) groups is 1. The molecule has 31 heavy (non-hydrogen) atoms. The number of nitro groups is 1. The second-order valence-corrected chi connectivity index (χ2v) is 9.29. The van der Waals surface area contributed by atoms with Gasteiger partial charge >= 0.3 is 0 Å². The molecule has 3 rings (SSSR count). The average molecular weight is 559 g/mol. The Kier molecular flexibility index (Phi) is 7.66. The molecule has 0 radical (unpaired) electrons. The van der Waals surface area contributed by atoms with Gasteiger partial charge in [-0.15, -0.1) is 0 Å². The number of hydrogen-bond acceptors (Lipinski definition) is 5. The summed E-state index contributed by atoms with van der Waals surface area (Å²) in [4.78, 5) is 27.3. The van der Waals surface area contributed by atoms with Crippen LogP contribution in [0.3, 0.4) is 0 Å². The Morgan fingerprint density at radius 1 is 1.16 bits per heavy atom. The number of rotatable bonds is 6. The molecule has 1 aliphatic heterocycles. The number of ether oxygens (including phenoxy) is 1. The Morgan fingerprint density at radius 3 is 2.35 bits per heavy atom. The van der Waals surface area contributed by atoms with E-state index in [-0.39, 0.29) is 36.1 Å². The van der Waals surface area contributed by atoms with Crippen LogP contribution in [0.2, 0.25) is 0 Å². The van der Waals surface area contributed by atoms with Gasteiger partial charge in [0.2, 0.25) is 0 Å². The van der Waals surface area contributed by atoms with Crippen molar-refractivity contribution in [3.8, 4) is 5.75 Å². The second-order valence-electron chi connectivity index (χ2n) is 7.58. The van der Waals surface area contributed by atoms with Crippen LogP contribution >= 0.6 is 31.9 Å². The predicted octanol–water partition coefficient (Wildman–Crippen LogP) is 4.76. The fourth-order valence-corrected chi connectivity index (χ4v) is 4.99. The maximum absolute atomic E-state index is 13.1. The molecule has 2 aromatic rings. The summed E-state index contributed by atoms with van der Waals surface area (Å²) in [6, 6.07) is 9.24. The molecular weight excluding hydrogens is 537 g/mol. The molecule has 0 bridgehead atoms. The SMILES string of the molecule is C[C@@H]1CN(C(=O)COc2c(Br)cc([N+](=O)[O-])cc2Br)[C@@H](C)CN1Cc1ccc(F)cc1. The molecule has 1 aliphatic rings. The van der Waals surface area contributed by atoms with Gasteiger partial charge in [-0.2, -0.15) is 0 Å². The highest BCUT2D eigenvalue weighted by Gasteiger charge is 2.32. The molecular formula is C21H22Br2FN3O4. The normalized spacial score (nSPS) is 19.3. The first-order chi connectivity index (χ1) is 14.7. The minimum absolute atomic E-state index is 0.0171. The Labute approximate surface area is 196 Å². The van der Waals surface area contributed by atoms with Crippen LogP contribution in [-0.2, 0) is 11.3 Å². The van der Waals surface area contributed by atoms with Crippen LogP contribution in [0.4, 0.5) is 10.1 Å². The maximum atomic E-state index is 13.1. The fraction of sp³-hybridized carbons (Fsp3) is 0.381. The highest BCUT2D eigenvalue weighted by molar-refractivity contribution is 9.11. The first-order valence-electron chi connectivity index (χ1n) is 9.70. The molecule has 0 N–H and O–H groups in total. The molecule has 1 heterocycles. The van der Waals surface area contributed by atoms with Crippen molar-refractivity contribution >= 4 is 43.5 Å². The van der Waals surface area contributed by atoms with Crippen molar-refractivity contribution in [2.24, 2.45) is 0 Å². The molecule has 0 spiro atoms. The summed E-state index contributed by atoms with van der Waals surface area (Å²) in [7, 11) is 0. The van der Waals surface area contributed by atoms with Gasteiger partial charge in [-0.3, -0.25) is 19.8 Å². The lowest BCUT2D eigenvalue weighted by Gasteiger charge is -2.44. The molecule has 7 nitrogen and oxygen atoms in total. The summed E-state index contributed by atoms with van der Waals surface area (Å²) in [6.07, 6.45) is 0. The average Bonchev–Trinajstić information content (AvgIpc) is 2.71. The van der Waals surface area contributed by atoms with E-state index in [1.54, 1.807) is 17.0 Å². The number of hydrogen-bond donors (Lipinski definition) is 0. The van der Waals surface area contributed by atoms with Gasteiger partial charge in [0.1, 0.15) is 11.6 Å². The van der Waals surface area contributed by atoms with Crippen LogP contribution in [0.25, 0.3) is 0 Å². The summed E-state index contributed by atoms with van der Waals surface area (Å²) in [5.74, 6) is -0.0700. The number of benzene rings is 2. The van der Waals surface area contributed by atoms with Crippen LogP contribution in [0.1, 0.15) is 19.4 Å². The van der Waals surface area contributed by atoms with Crippen molar-refractivity contribution in [3.05, 3.63) is 66.8 Å². The summed E-state index contributed by atoms with van der Waals surface area (Å²) in [5, 5.41) is 11.0. The zero-order chi connectivity index (χ0) is 22.7. The van der Waals surface area contributed by atoms with Crippen LogP contribution < -0.4 is 4.74 Å². The highest BCUT2D eigenvalue weighted by atomic mass is 79.9. The number of nitrogens with zero attached hydrogens (tertiary/aromatic N) is 3. The zero-order valence-corrected chi connectivity index (χ0v) is 20.2. The van der Waals surface area contributed by atoms with E-state index >= 15 is 0 Å². The van der Waals surface area contributed by atoms with Crippen molar-refractivity contribution in [2.75, 3.05) is 19.7 Å². The first-order valence-corrected chi connectivity index (χ1v) is 11.3. The Bertz CT molecular complexity index is 951. The molecule has 0 aromatic heterocycles. The third kappa shape index (κ3) is 5.81. The maximum Gasteiger partial charge on any atom is 0.271 e. The molecule has 1 saturated heterocycles. The van der Waals surface area contributed by atoms with Crippen molar-refractivity contribution in [1.29, 1.82) is 0 Å².